The van der Waals surface area contributed by atoms with Crippen LogP contribution in [0.1, 0.15) is 49.5 Å². The highest BCUT2D eigenvalue weighted by Gasteiger charge is 2.29. The number of carbonyl (C=O) groups excluding carboxylic acids is 4. The summed E-state index contributed by atoms with van der Waals surface area (Å²) in [4.78, 5) is 53.3. The summed E-state index contributed by atoms with van der Waals surface area (Å²) in [5.41, 5.74) is 0.452. The van der Waals surface area contributed by atoms with Crippen molar-refractivity contribution in [2.45, 2.75) is 45.8 Å². The number of halogens is 2. The Morgan fingerprint density at radius 2 is 1.64 bits per heavy atom. The van der Waals surface area contributed by atoms with Crippen LogP contribution in [0.15, 0.2) is 36.4 Å². The highest BCUT2D eigenvalue weighted by atomic mass is 35.5. The zero-order valence-electron chi connectivity index (χ0n) is 21.2. The Morgan fingerprint density at radius 1 is 0.972 bits per heavy atom. The summed E-state index contributed by atoms with van der Waals surface area (Å²) in [5, 5.41) is 0.649. The van der Waals surface area contributed by atoms with Gasteiger partial charge in [0, 0.05) is 25.8 Å². The summed E-state index contributed by atoms with van der Waals surface area (Å²) < 4.78 is 10.6. The molecule has 0 aromatic heterocycles. The molecule has 2 aromatic carbocycles. The number of esters is 1. The van der Waals surface area contributed by atoms with E-state index in [0.717, 1.165) is 0 Å². The van der Waals surface area contributed by atoms with Crippen LogP contribution in [0.2, 0.25) is 10.0 Å². The number of ketones is 1. The van der Waals surface area contributed by atoms with Crippen molar-refractivity contribution in [3.63, 3.8) is 0 Å². The first-order valence-corrected chi connectivity index (χ1v) is 11.9. The van der Waals surface area contributed by atoms with Crippen LogP contribution < -0.4 is 9.64 Å². The molecule has 0 saturated carbocycles. The van der Waals surface area contributed by atoms with Crippen LogP contribution in [0, 0.1) is 0 Å². The molecule has 0 fully saturated rings. The van der Waals surface area contributed by atoms with Crippen LogP contribution >= 0.6 is 23.2 Å². The van der Waals surface area contributed by atoms with Crippen molar-refractivity contribution in [1.82, 2.24) is 4.90 Å². The fraction of sp³-hybridized carbons (Fsp3) is 0.385. The molecule has 2 amide bonds. The first kappa shape index (κ1) is 29.1. The molecule has 0 aliphatic carbocycles. The molecule has 2 rings (SSSR count). The largest absolute Gasteiger partial charge is 0.496 e. The van der Waals surface area contributed by atoms with Crippen molar-refractivity contribution in [2.75, 3.05) is 26.1 Å². The molecule has 2 aromatic rings. The molecule has 0 bridgehead atoms. The molecule has 0 unspecified atom stereocenters. The van der Waals surface area contributed by atoms with Gasteiger partial charge in [0.25, 0.3) is 5.91 Å². The van der Waals surface area contributed by atoms with Crippen molar-refractivity contribution in [3.05, 3.63) is 57.6 Å². The third-order valence-electron chi connectivity index (χ3n) is 5.52. The topological polar surface area (TPSA) is 93.2 Å². The number of ether oxygens (including phenoxy) is 2. The highest BCUT2D eigenvalue weighted by Crippen LogP contribution is 2.30. The van der Waals surface area contributed by atoms with Gasteiger partial charge in [-0.05, 0) is 50.1 Å². The minimum Gasteiger partial charge on any atom is -0.496 e. The van der Waals surface area contributed by atoms with Gasteiger partial charge in [0.15, 0.2) is 0 Å². The van der Waals surface area contributed by atoms with Crippen LogP contribution in [-0.2, 0) is 25.7 Å². The van der Waals surface area contributed by atoms with E-state index in [1.807, 2.05) is 6.92 Å². The maximum absolute atomic E-state index is 13.3. The van der Waals surface area contributed by atoms with Crippen LogP contribution in [0.25, 0.3) is 0 Å². The first-order chi connectivity index (χ1) is 16.8. The second-order valence-electron chi connectivity index (χ2n) is 8.92. The minimum absolute atomic E-state index is 0.0165. The van der Waals surface area contributed by atoms with E-state index in [-0.39, 0.29) is 18.2 Å². The lowest BCUT2D eigenvalue weighted by Crippen LogP contribution is -2.36. The van der Waals surface area contributed by atoms with Crippen LogP contribution in [0.4, 0.5) is 5.69 Å². The lowest BCUT2D eigenvalue weighted by atomic mass is 10.1. The van der Waals surface area contributed by atoms with Gasteiger partial charge in [-0.1, -0.05) is 36.2 Å². The number of benzene rings is 2. The van der Waals surface area contributed by atoms with E-state index in [2.05, 4.69) is 0 Å². The molecule has 0 aliphatic rings. The van der Waals surface area contributed by atoms with Gasteiger partial charge < -0.3 is 19.3 Å². The van der Waals surface area contributed by atoms with Gasteiger partial charge in [0.1, 0.15) is 11.4 Å². The quantitative estimate of drug-likeness (QED) is 0.243. The number of amides is 2. The van der Waals surface area contributed by atoms with Crippen LogP contribution in [0.3, 0.4) is 0 Å². The molecule has 0 spiro atoms. The van der Waals surface area contributed by atoms with Crippen molar-refractivity contribution < 1.29 is 28.7 Å². The Hall–Kier alpha value is -3.10. The van der Waals surface area contributed by atoms with E-state index in [1.165, 1.54) is 29.0 Å². The zero-order valence-corrected chi connectivity index (χ0v) is 22.7. The van der Waals surface area contributed by atoms with Gasteiger partial charge in [0.2, 0.25) is 11.7 Å². The van der Waals surface area contributed by atoms with Gasteiger partial charge in [-0.3, -0.25) is 14.4 Å². The molecule has 8 nitrogen and oxygen atoms in total. The van der Waals surface area contributed by atoms with Gasteiger partial charge in [-0.2, -0.15) is 0 Å². The number of nitrogens with zero attached hydrogens (tertiary/aromatic N) is 2. The summed E-state index contributed by atoms with van der Waals surface area (Å²) in [7, 11) is 4.63. The molecular weight excluding hydrogens is 507 g/mol. The zero-order chi connectivity index (χ0) is 27.2. The van der Waals surface area contributed by atoms with E-state index in [0.29, 0.717) is 33.3 Å². The van der Waals surface area contributed by atoms with Gasteiger partial charge in [-0.15, -0.1) is 0 Å². The second-order valence-corrected chi connectivity index (χ2v) is 9.73. The standard InChI is InChI=1S/C26H30Cl2N2O6/c1-7-26(2,3)36-25(34)21(31)14-23(32)30(15-16-8-11-19(27)20(28)12-16)17-9-10-18(22(13-17)35-6)24(33)29(4)5/h8-13H,7,14-15H2,1-6H3. The smallest absolute Gasteiger partial charge is 0.375 e. The lowest BCUT2D eigenvalue weighted by Gasteiger charge is -2.25. The SMILES string of the molecule is CCC(C)(C)OC(=O)C(=O)CC(=O)N(Cc1ccc(Cl)c(Cl)c1)c1ccc(C(=O)N(C)C)c(OC)c1. The number of anilines is 1. The number of rotatable bonds is 10. The molecule has 0 atom stereocenters. The second kappa shape index (κ2) is 12.2. The number of methoxy groups -OCH3 is 1. The van der Waals surface area contributed by atoms with E-state index >= 15 is 0 Å². The summed E-state index contributed by atoms with van der Waals surface area (Å²) in [6.07, 6.45) is -0.206. The molecule has 0 radical (unpaired) electrons. The summed E-state index contributed by atoms with van der Waals surface area (Å²) in [6.45, 7) is 5.20. The average molecular weight is 537 g/mol. The Kier molecular flexibility index (Phi) is 9.90. The Bertz CT molecular complexity index is 1160. The van der Waals surface area contributed by atoms with Crippen LogP contribution in [-0.4, -0.2) is 55.3 Å². The molecule has 0 saturated heterocycles. The Morgan fingerprint density at radius 3 is 2.19 bits per heavy atom. The van der Waals surface area contributed by atoms with Crippen LogP contribution in [0.5, 0.6) is 5.75 Å². The number of hydrogen-bond acceptors (Lipinski definition) is 6. The molecule has 194 valence electrons. The van der Waals surface area contributed by atoms with Crippen molar-refractivity contribution in [2.24, 2.45) is 0 Å². The van der Waals surface area contributed by atoms with Gasteiger partial charge in [0.05, 0.1) is 35.7 Å². The number of Topliss-reactive ketones (excluding diaryl/α,β-unsaturated/α-hetero) is 1. The maximum Gasteiger partial charge on any atom is 0.375 e. The molecule has 36 heavy (non-hydrogen) atoms. The minimum atomic E-state index is -1.07. The van der Waals surface area contributed by atoms with E-state index in [4.69, 9.17) is 32.7 Å². The van der Waals surface area contributed by atoms with Crippen molar-refractivity contribution in [3.8, 4) is 5.75 Å². The lowest BCUT2D eigenvalue weighted by molar-refractivity contribution is -0.164. The monoisotopic (exact) mass is 536 g/mol. The Labute approximate surface area is 221 Å². The molecule has 10 heteroatoms. The normalized spacial score (nSPS) is 11.0. The molecule has 0 N–H and O–H groups in total. The highest BCUT2D eigenvalue weighted by molar-refractivity contribution is 6.42. The number of hydrogen-bond donors (Lipinski definition) is 0. The molecule has 0 heterocycles. The fourth-order valence-corrected chi connectivity index (χ4v) is 3.42. The maximum atomic E-state index is 13.3. The molecule has 0 aliphatic heterocycles. The number of carbonyl (C=O) groups is 4. The third kappa shape index (κ3) is 7.45. The van der Waals surface area contributed by atoms with E-state index in [1.54, 1.807) is 52.2 Å². The summed E-state index contributed by atoms with van der Waals surface area (Å²) >= 11 is 12.2. The first-order valence-electron chi connectivity index (χ1n) is 11.2. The third-order valence-corrected chi connectivity index (χ3v) is 6.26. The predicted molar refractivity (Wildman–Crippen MR) is 139 cm³/mol. The average Bonchev–Trinajstić information content (AvgIpc) is 2.83. The summed E-state index contributed by atoms with van der Waals surface area (Å²) in [6, 6.07) is 9.51. The molecular formula is C26H30Cl2N2O6. The van der Waals surface area contributed by atoms with Gasteiger partial charge >= 0.3 is 5.97 Å². The van der Waals surface area contributed by atoms with E-state index < -0.39 is 29.7 Å². The van der Waals surface area contributed by atoms with E-state index in [9.17, 15) is 19.2 Å². The predicted octanol–water partition coefficient (Wildman–Crippen LogP) is 4.93. The van der Waals surface area contributed by atoms with Crippen molar-refractivity contribution >= 4 is 52.5 Å². The summed E-state index contributed by atoms with van der Waals surface area (Å²) in [5.74, 6) is -2.72. The Balaban J connectivity index is 2.43. The van der Waals surface area contributed by atoms with Gasteiger partial charge in [-0.25, -0.2) is 4.79 Å². The van der Waals surface area contributed by atoms with Crippen molar-refractivity contribution in [1.29, 1.82) is 0 Å². The fourth-order valence-electron chi connectivity index (χ4n) is 3.09.